The Morgan fingerprint density at radius 3 is 2.27 bits per heavy atom. The van der Waals surface area contributed by atoms with Gasteiger partial charge in [0.1, 0.15) is 5.75 Å². The van der Waals surface area contributed by atoms with Crippen LogP contribution in [0, 0.1) is 0 Å². The summed E-state index contributed by atoms with van der Waals surface area (Å²) in [4.78, 5) is 9.45. The van der Waals surface area contributed by atoms with Gasteiger partial charge in [-0.25, -0.2) is 4.79 Å². The minimum Gasteiger partial charge on any atom is -0.477 e. The van der Waals surface area contributed by atoms with Crippen molar-refractivity contribution in [3.05, 3.63) is 30.3 Å². The highest BCUT2D eigenvalue weighted by atomic mass is 35.5. The van der Waals surface area contributed by atoms with Crippen molar-refractivity contribution < 1.29 is 14.6 Å². The van der Waals surface area contributed by atoms with E-state index in [1.807, 2.05) is 0 Å². The monoisotopic (exact) mass is 268 g/mol. The number of ether oxygens (including phenoxy) is 1. The standard InChI is InChI=1S/C9H7Cl3O3/c10-7(11)9(12,8(13)14)15-6-4-2-1-3-5-6/h1-5,7H,(H,13,14). The minimum atomic E-state index is -2.18. The van der Waals surface area contributed by atoms with Gasteiger partial charge in [0.2, 0.25) is 0 Å². The van der Waals surface area contributed by atoms with Crippen LogP contribution in [0.5, 0.6) is 5.75 Å². The summed E-state index contributed by atoms with van der Waals surface area (Å²) in [6, 6.07) is 8.20. The maximum atomic E-state index is 10.8. The third-order valence-electron chi connectivity index (χ3n) is 1.58. The number of carboxylic acid groups (broad SMARTS) is 1. The van der Waals surface area contributed by atoms with Crippen molar-refractivity contribution in [3.63, 3.8) is 0 Å². The molecule has 0 aliphatic heterocycles. The lowest BCUT2D eigenvalue weighted by Crippen LogP contribution is -2.44. The lowest BCUT2D eigenvalue weighted by atomic mass is 10.3. The van der Waals surface area contributed by atoms with E-state index < -0.39 is 15.9 Å². The van der Waals surface area contributed by atoms with Gasteiger partial charge < -0.3 is 9.84 Å². The van der Waals surface area contributed by atoms with Crippen LogP contribution in [0.15, 0.2) is 30.3 Å². The Balaban J connectivity index is 2.90. The molecule has 0 radical (unpaired) electrons. The Bertz CT molecular complexity index is 342. The molecule has 1 aromatic carbocycles. The number of halogens is 3. The second-order valence-corrected chi connectivity index (χ2v) is 4.32. The van der Waals surface area contributed by atoms with Crippen molar-refractivity contribution in [2.45, 2.75) is 9.90 Å². The number of carbonyl (C=O) groups is 1. The lowest BCUT2D eigenvalue weighted by Gasteiger charge is -2.24. The summed E-state index contributed by atoms with van der Waals surface area (Å²) in [5, 5.41) is 6.66. The van der Waals surface area contributed by atoms with Crippen molar-refractivity contribution in [3.8, 4) is 5.75 Å². The molecule has 1 unspecified atom stereocenters. The van der Waals surface area contributed by atoms with Crippen molar-refractivity contribution in [1.29, 1.82) is 0 Å². The molecule has 0 aliphatic rings. The average Bonchev–Trinajstić information content (AvgIpc) is 2.18. The number of benzene rings is 1. The summed E-state index contributed by atoms with van der Waals surface area (Å²) in [6.45, 7) is 0. The number of alkyl halides is 3. The van der Waals surface area contributed by atoms with E-state index in [0.29, 0.717) is 0 Å². The topological polar surface area (TPSA) is 46.5 Å². The number of hydrogen-bond acceptors (Lipinski definition) is 2. The summed E-state index contributed by atoms with van der Waals surface area (Å²) < 4.78 is 5.03. The number of aliphatic carboxylic acids is 1. The molecule has 1 aromatic rings. The molecule has 0 spiro atoms. The smallest absolute Gasteiger partial charge is 0.367 e. The predicted molar refractivity (Wildman–Crippen MR) is 58.8 cm³/mol. The highest BCUT2D eigenvalue weighted by molar-refractivity contribution is 6.52. The molecule has 0 aliphatic carbocycles. The number of carboxylic acids is 1. The van der Waals surface area contributed by atoms with Crippen LogP contribution in [0.4, 0.5) is 0 Å². The third kappa shape index (κ3) is 2.91. The van der Waals surface area contributed by atoms with Crippen LogP contribution in [-0.4, -0.2) is 21.0 Å². The molecule has 0 fully saturated rings. The number of hydrogen-bond donors (Lipinski definition) is 1. The van der Waals surface area contributed by atoms with Crippen LogP contribution in [-0.2, 0) is 4.79 Å². The summed E-state index contributed by atoms with van der Waals surface area (Å²) in [6.07, 6.45) is 0. The quantitative estimate of drug-likeness (QED) is 0.855. The molecular formula is C9H7Cl3O3. The maximum Gasteiger partial charge on any atom is 0.367 e. The maximum absolute atomic E-state index is 10.8. The SMILES string of the molecule is O=C(O)C(Cl)(Oc1ccccc1)C(Cl)Cl. The molecule has 0 bridgehead atoms. The highest BCUT2D eigenvalue weighted by Gasteiger charge is 2.46. The second kappa shape index (κ2) is 4.92. The Morgan fingerprint density at radius 1 is 1.33 bits per heavy atom. The van der Waals surface area contributed by atoms with Gasteiger partial charge in [-0.05, 0) is 12.1 Å². The van der Waals surface area contributed by atoms with E-state index >= 15 is 0 Å². The molecular weight excluding hydrogens is 262 g/mol. The molecule has 82 valence electrons. The highest BCUT2D eigenvalue weighted by Crippen LogP contribution is 2.31. The van der Waals surface area contributed by atoms with E-state index in [2.05, 4.69) is 0 Å². The zero-order valence-corrected chi connectivity index (χ0v) is 9.63. The van der Waals surface area contributed by atoms with Crippen molar-refractivity contribution >= 4 is 40.8 Å². The van der Waals surface area contributed by atoms with Gasteiger partial charge in [-0.2, -0.15) is 0 Å². The van der Waals surface area contributed by atoms with Gasteiger partial charge in [0, 0.05) is 0 Å². The largest absolute Gasteiger partial charge is 0.477 e. The van der Waals surface area contributed by atoms with Crippen molar-refractivity contribution in [1.82, 2.24) is 0 Å². The minimum absolute atomic E-state index is 0.279. The summed E-state index contributed by atoms with van der Waals surface area (Å²) in [5.74, 6) is -1.16. The van der Waals surface area contributed by atoms with E-state index in [0.717, 1.165) is 0 Å². The molecule has 3 nitrogen and oxygen atoms in total. The van der Waals surface area contributed by atoms with Gasteiger partial charge in [0.05, 0.1) is 0 Å². The fraction of sp³-hybridized carbons (Fsp3) is 0.222. The normalized spacial score (nSPS) is 14.7. The van der Waals surface area contributed by atoms with Crippen LogP contribution < -0.4 is 4.74 Å². The van der Waals surface area contributed by atoms with Gasteiger partial charge in [0.25, 0.3) is 0 Å². The Labute approximate surface area is 102 Å². The summed E-state index contributed by atoms with van der Waals surface area (Å²) in [7, 11) is 0. The average molecular weight is 270 g/mol. The molecule has 0 amide bonds. The fourth-order valence-electron chi connectivity index (χ4n) is 0.842. The zero-order chi connectivity index (χ0) is 11.5. The van der Waals surface area contributed by atoms with Crippen molar-refractivity contribution in [2.24, 2.45) is 0 Å². The Kier molecular flexibility index (Phi) is 4.08. The zero-order valence-electron chi connectivity index (χ0n) is 7.36. The van der Waals surface area contributed by atoms with Crippen LogP contribution in [0.25, 0.3) is 0 Å². The molecule has 0 saturated carbocycles. The summed E-state index contributed by atoms with van der Waals surface area (Å²) >= 11 is 16.6. The Hall–Kier alpha value is -0.640. The molecule has 0 saturated heterocycles. The van der Waals surface area contributed by atoms with E-state index in [-0.39, 0.29) is 5.75 Å². The van der Waals surface area contributed by atoms with E-state index in [4.69, 9.17) is 44.6 Å². The van der Waals surface area contributed by atoms with Gasteiger partial charge >= 0.3 is 11.0 Å². The first-order valence-electron chi connectivity index (χ1n) is 3.91. The first-order chi connectivity index (χ1) is 6.97. The van der Waals surface area contributed by atoms with Crippen LogP contribution in [0.3, 0.4) is 0 Å². The van der Waals surface area contributed by atoms with Crippen LogP contribution in [0.1, 0.15) is 0 Å². The van der Waals surface area contributed by atoms with E-state index in [1.54, 1.807) is 30.3 Å². The van der Waals surface area contributed by atoms with Gasteiger partial charge in [-0.3, -0.25) is 0 Å². The fourth-order valence-corrected chi connectivity index (χ4v) is 1.21. The van der Waals surface area contributed by atoms with Crippen molar-refractivity contribution in [2.75, 3.05) is 0 Å². The third-order valence-corrected chi connectivity index (χ3v) is 2.88. The number of para-hydroxylation sites is 1. The summed E-state index contributed by atoms with van der Waals surface area (Å²) in [5.41, 5.74) is 0. The predicted octanol–water partition coefficient (Wildman–Crippen LogP) is 2.89. The molecule has 1 rings (SSSR count). The van der Waals surface area contributed by atoms with Gasteiger partial charge in [-0.1, -0.05) is 53.0 Å². The first kappa shape index (κ1) is 12.4. The van der Waals surface area contributed by atoms with Crippen LogP contribution >= 0.6 is 34.8 Å². The van der Waals surface area contributed by atoms with E-state index in [1.165, 1.54) is 0 Å². The molecule has 1 atom stereocenters. The Morgan fingerprint density at radius 2 is 1.87 bits per heavy atom. The molecule has 15 heavy (non-hydrogen) atoms. The second-order valence-electron chi connectivity index (χ2n) is 2.67. The molecule has 0 aromatic heterocycles. The molecule has 0 heterocycles. The molecule has 1 N–H and O–H groups in total. The molecule has 6 heteroatoms. The van der Waals surface area contributed by atoms with E-state index in [9.17, 15) is 4.79 Å². The van der Waals surface area contributed by atoms with Gasteiger partial charge in [-0.15, -0.1) is 0 Å². The lowest BCUT2D eigenvalue weighted by molar-refractivity contribution is -0.147. The number of rotatable bonds is 4. The van der Waals surface area contributed by atoms with Crippen LogP contribution in [0.2, 0.25) is 0 Å². The first-order valence-corrected chi connectivity index (χ1v) is 5.16. The van der Waals surface area contributed by atoms with Gasteiger partial charge in [0.15, 0.2) is 4.84 Å².